The average molecular weight is 815 g/mol. The van der Waals surface area contributed by atoms with Gasteiger partial charge in [-0.15, -0.1) is 0 Å². The fourth-order valence-electron chi connectivity index (χ4n) is 6.86. The molecule has 0 radical (unpaired) electrons. The van der Waals surface area contributed by atoms with Crippen LogP contribution < -0.4 is 21.3 Å². The molecule has 4 atom stereocenters. The zero-order valence-corrected chi connectivity index (χ0v) is 39.0. The van der Waals surface area contributed by atoms with Crippen LogP contribution in [0.3, 0.4) is 0 Å². The number of aryl methyl sites for hydroxylation is 4. The number of hydrogen-bond donors (Lipinski definition) is 4. The van der Waals surface area contributed by atoms with Crippen molar-refractivity contribution >= 4 is 23.6 Å². The maximum atomic E-state index is 13.1. The van der Waals surface area contributed by atoms with Gasteiger partial charge in [0.05, 0.1) is 0 Å². The molecule has 4 unspecified atom stereocenters. The molecule has 12 heteroatoms. The summed E-state index contributed by atoms with van der Waals surface area (Å²) in [5.74, 6) is -0.253. The predicted octanol–water partition coefficient (Wildman–Crippen LogP) is 4.23. The summed E-state index contributed by atoms with van der Waals surface area (Å²) in [6.07, 6.45) is 9.46. The van der Waals surface area contributed by atoms with E-state index in [1.807, 2.05) is 84.1 Å². The van der Waals surface area contributed by atoms with Crippen molar-refractivity contribution in [1.29, 1.82) is 0 Å². The summed E-state index contributed by atoms with van der Waals surface area (Å²) in [6.45, 7) is 14.4. The van der Waals surface area contributed by atoms with Gasteiger partial charge in [-0.05, 0) is 182 Å². The summed E-state index contributed by atoms with van der Waals surface area (Å²) in [6, 6.07) is 4.62. The Balaban J connectivity index is 3.35. The second-order valence-electron chi connectivity index (χ2n) is 17.9. The summed E-state index contributed by atoms with van der Waals surface area (Å²) < 4.78 is 0. The van der Waals surface area contributed by atoms with Crippen molar-refractivity contribution in [2.45, 2.75) is 105 Å². The Hall–Kier alpha value is -3.06. The molecular weight excluding hydrogens is 729 g/mol. The van der Waals surface area contributed by atoms with Crippen molar-refractivity contribution in [2.24, 2.45) is 23.7 Å². The Morgan fingerprint density at radius 1 is 0.397 bits per heavy atom. The fraction of sp³-hybridized carbons (Fsp3) is 0.783. The highest BCUT2D eigenvalue weighted by atomic mass is 16.2. The van der Waals surface area contributed by atoms with E-state index in [9.17, 15) is 19.2 Å². The predicted molar refractivity (Wildman–Crippen MR) is 241 cm³/mol. The minimum atomic E-state index is -0.143. The number of carbonyl (C=O) groups is 4. The Bertz CT molecular complexity index is 1140. The third-order valence-corrected chi connectivity index (χ3v) is 11.0. The van der Waals surface area contributed by atoms with Crippen LogP contribution in [0.15, 0.2) is 12.1 Å². The van der Waals surface area contributed by atoms with Crippen LogP contribution in [0.25, 0.3) is 0 Å². The standard InChI is InChI=1S/C46H86N8O4/c1-35(43(55)47-25-13-29-51(5)6)17-21-39-33-41(23-19-37(3)45(57)49-27-15-31-53(9)10)42(24-20-38(4)46(58)50-28-16-32-54(11)12)34-40(39)22-18-36(2)44(56)48-26-14-30-52(7)8/h33-38H,13-32H2,1-12H3,(H,47,55)(H,48,56)(H,49,57)(H,50,58). The Labute approximate surface area is 354 Å². The molecule has 1 aromatic rings. The lowest BCUT2D eigenvalue weighted by molar-refractivity contribution is -0.125. The first kappa shape index (κ1) is 53.0. The van der Waals surface area contributed by atoms with E-state index in [1.165, 1.54) is 22.3 Å². The zero-order valence-electron chi connectivity index (χ0n) is 39.0. The molecule has 0 aliphatic heterocycles. The van der Waals surface area contributed by atoms with Crippen LogP contribution in [0.2, 0.25) is 0 Å². The Morgan fingerprint density at radius 3 is 0.759 bits per heavy atom. The second kappa shape index (κ2) is 30.0. The van der Waals surface area contributed by atoms with Gasteiger partial charge in [-0.25, -0.2) is 0 Å². The summed E-state index contributed by atoms with van der Waals surface area (Å²) in [4.78, 5) is 60.8. The lowest BCUT2D eigenvalue weighted by Gasteiger charge is -2.21. The number of nitrogens with one attached hydrogen (secondary N) is 4. The molecule has 58 heavy (non-hydrogen) atoms. The van der Waals surface area contributed by atoms with Crippen molar-refractivity contribution in [3.8, 4) is 0 Å². The molecular formula is C46H86N8O4. The van der Waals surface area contributed by atoms with Gasteiger partial charge >= 0.3 is 0 Å². The van der Waals surface area contributed by atoms with Crippen molar-refractivity contribution in [3.05, 3.63) is 34.4 Å². The van der Waals surface area contributed by atoms with Gasteiger partial charge in [0.15, 0.2) is 0 Å². The number of hydrogen-bond acceptors (Lipinski definition) is 8. The van der Waals surface area contributed by atoms with Crippen LogP contribution in [0.5, 0.6) is 0 Å². The highest BCUT2D eigenvalue weighted by molar-refractivity contribution is 5.79. The molecule has 0 aliphatic carbocycles. The third-order valence-electron chi connectivity index (χ3n) is 11.0. The monoisotopic (exact) mass is 815 g/mol. The third kappa shape index (κ3) is 24.1. The van der Waals surface area contributed by atoms with Crippen molar-refractivity contribution < 1.29 is 19.2 Å². The van der Waals surface area contributed by atoms with Gasteiger partial charge in [-0.1, -0.05) is 39.8 Å². The molecule has 0 aliphatic rings. The van der Waals surface area contributed by atoms with Crippen molar-refractivity contribution in [1.82, 2.24) is 40.9 Å². The Kier molecular flexibility index (Phi) is 27.4. The maximum Gasteiger partial charge on any atom is 0.222 e. The minimum Gasteiger partial charge on any atom is -0.356 e. The summed E-state index contributed by atoms with van der Waals surface area (Å²) in [5.41, 5.74) is 4.82. The molecule has 0 aromatic heterocycles. The highest BCUT2D eigenvalue weighted by Gasteiger charge is 2.21. The lowest BCUT2D eigenvalue weighted by atomic mass is 9.85. The molecule has 0 saturated heterocycles. The van der Waals surface area contributed by atoms with E-state index in [1.54, 1.807) is 0 Å². The van der Waals surface area contributed by atoms with Gasteiger partial charge in [0.25, 0.3) is 0 Å². The summed E-state index contributed by atoms with van der Waals surface area (Å²) >= 11 is 0. The van der Waals surface area contributed by atoms with E-state index in [0.717, 1.165) is 77.5 Å². The van der Waals surface area contributed by atoms with E-state index in [-0.39, 0.29) is 47.3 Å². The smallest absolute Gasteiger partial charge is 0.222 e. The van der Waals surface area contributed by atoms with E-state index in [0.29, 0.717) is 51.9 Å². The number of amides is 4. The van der Waals surface area contributed by atoms with Crippen LogP contribution in [-0.4, -0.2) is 152 Å². The molecule has 0 spiro atoms. The molecule has 0 saturated carbocycles. The number of benzene rings is 1. The minimum absolute atomic E-state index is 0.0797. The van der Waals surface area contributed by atoms with Crippen molar-refractivity contribution in [3.63, 3.8) is 0 Å². The van der Waals surface area contributed by atoms with E-state index in [2.05, 4.69) is 53.0 Å². The van der Waals surface area contributed by atoms with Gasteiger partial charge in [-0.2, -0.15) is 0 Å². The number of rotatable bonds is 32. The highest BCUT2D eigenvalue weighted by Crippen LogP contribution is 2.27. The first-order valence-electron chi connectivity index (χ1n) is 22.2. The van der Waals surface area contributed by atoms with Crippen LogP contribution in [0, 0.1) is 23.7 Å². The van der Waals surface area contributed by atoms with Gasteiger partial charge in [0.2, 0.25) is 23.6 Å². The van der Waals surface area contributed by atoms with Gasteiger partial charge in [-0.3, -0.25) is 19.2 Å². The quantitative estimate of drug-likeness (QED) is 0.0797. The van der Waals surface area contributed by atoms with E-state index in [4.69, 9.17) is 0 Å². The topological polar surface area (TPSA) is 129 Å². The molecule has 0 bridgehead atoms. The van der Waals surface area contributed by atoms with Crippen LogP contribution in [-0.2, 0) is 44.9 Å². The SMILES string of the molecule is CC(CCc1cc(CCC(C)C(=O)NCCCN(C)C)c(CCC(C)C(=O)NCCCN(C)C)cc1CCC(C)C(=O)NCCCN(C)C)C(=O)NCCCN(C)C. The van der Waals surface area contributed by atoms with Crippen LogP contribution in [0.4, 0.5) is 0 Å². The first-order chi connectivity index (χ1) is 27.4. The maximum absolute atomic E-state index is 13.1. The molecule has 1 rings (SSSR count). The van der Waals surface area contributed by atoms with E-state index < -0.39 is 0 Å². The molecule has 4 N–H and O–H groups in total. The normalized spacial score (nSPS) is 13.8. The van der Waals surface area contributed by atoms with Crippen molar-refractivity contribution in [2.75, 3.05) is 109 Å². The molecule has 334 valence electrons. The zero-order chi connectivity index (χ0) is 43.6. The molecule has 0 fully saturated rings. The largest absolute Gasteiger partial charge is 0.356 e. The van der Waals surface area contributed by atoms with Crippen LogP contribution in [0.1, 0.15) is 101 Å². The Morgan fingerprint density at radius 2 is 0.586 bits per heavy atom. The second-order valence-corrected chi connectivity index (χ2v) is 17.9. The lowest BCUT2D eigenvalue weighted by Crippen LogP contribution is -2.32. The summed E-state index contributed by atoms with van der Waals surface area (Å²) in [5, 5.41) is 12.5. The average Bonchev–Trinajstić information content (AvgIpc) is 3.17. The fourth-order valence-corrected chi connectivity index (χ4v) is 6.86. The molecule has 4 amide bonds. The number of nitrogens with zero attached hydrogens (tertiary/aromatic N) is 4. The number of carbonyl (C=O) groups excluding carboxylic acids is 4. The van der Waals surface area contributed by atoms with Crippen LogP contribution >= 0.6 is 0 Å². The van der Waals surface area contributed by atoms with Gasteiger partial charge < -0.3 is 40.9 Å². The summed E-state index contributed by atoms with van der Waals surface area (Å²) in [7, 11) is 16.3. The van der Waals surface area contributed by atoms with Gasteiger partial charge in [0, 0.05) is 49.9 Å². The first-order valence-corrected chi connectivity index (χ1v) is 22.2. The molecule has 12 nitrogen and oxygen atoms in total. The van der Waals surface area contributed by atoms with E-state index >= 15 is 0 Å². The molecule has 0 heterocycles. The van der Waals surface area contributed by atoms with Gasteiger partial charge in [0.1, 0.15) is 0 Å². The molecule has 1 aromatic carbocycles.